The molecule has 0 fully saturated rings. The third kappa shape index (κ3) is 5.68. The second-order valence-electron chi connectivity index (χ2n) is 11.3. The maximum atomic E-state index is 9.29. The van der Waals surface area contributed by atoms with Crippen LogP contribution in [-0.2, 0) is 0 Å². The van der Waals surface area contributed by atoms with Crippen LogP contribution < -0.4 is 0 Å². The molecule has 8 rings (SSSR count). The van der Waals surface area contributed by atoms with E-state index in [4.69, 9.17) is 24.9 Å². The van der Waals surface area contributed by atoms with Gasteiger partial charge in [0.25, 0.3) is 0 Å². The fourth-order valence-electron chi connectivity index (χ4n) is 5.68. The SMILES string of the molecule is N#Cc1ccc(-c2nc3ccccc3nc2-c2ccc(-c3ccc(-c4nc(-c5ccccc5)nc(-c5ccccc5)n4)cc3)cc2)cc1. The van der Waals surface area contributed by atoms with Gasteiger partial charge in [-0.15, -0.1) is 0 Å². The second-order valence-corrected chi connectivity index (χ2v) is 11.3. The molecule has 0 unspecified atom stereocenters. The van der Waals surface area contributed by atoms with E-state index in [1.54, 1.807) is 0 Å². The molecule has 2 aromatic heterocycles. The van der Waals surface area contributed by atoms with Gasteiger partial charge in [-0.25, -0.2) is 24.9 Å². The Morgan fingerprint density at radius 1 is 0.312 bits per heavy atom. The molecule has 0 spiro atoms. The predicted molar refractivity (Wildman–Crippen MR) is 190 cm³/mol. The van der Waals surface area contributed by atoms with Crippen molar-refractivity contribution in [2.75, 3.05) is 0 Å². The van der Waals surface area contributed by atoms with Crippen LogP contribution in [0.15, 0.2) is 158 Å². The van der Waals surface area contributed by atoms with Gasteiger partial charge in [0.1, 0.15) is 0 Å². The molecule has 6 aromatic carbocycles. The van der Waals surface area contributed by atoms with Gasteiger partial charge in [0.15, 0.2) is 17.5 Å². The van der Waals surface area contributed by atoms with Crippen molar-refractivity contribution in [1.82, 2.24) is 24.9 Å². The first kappa shape index (κ1) is 28.6. The lowest BCUT2D eigenvalue weighted by atomic mass is 9.99. The van der Waals surface area contributed by atoms with Gasteiger partial charge < -0.3 is 0 Å². The summed E-state index contributed by atoms with van der Waals surface area (Å²) in [7, 11) is 0. The number of hydrogen-bond donors (Lipinski definition) is 0. The Morgan fingerprint density at radius 3 is 1.06 bits per heavy atom. The standard InChI is InChI=1S/C42H26N6/c43-27-28-15-17-31(18-16-28)38-39(45-37-14-8-7-13-36(37)44-38)32-23-19-29(20-24-32)30-21-25-35(26-22-30)42-47-40(33-9-3-1-4-10-33)46-41(48-42)34-11-5-2-6-12-34/h1-26H. The summed E-state index contributed by atoms with van der Waals surface area (Å²) >= 11 is 0. The van der Waals surface area contributed by atoms with E-state index in [0.717, 1.165) is 61.4 Å². The average molecular weight is 615 g/mol. The van der Waals surface area contributed by atoms with Crippen molar-refractivity contribution in [2.24, 2.45) is 0 Å². The lowest BCUT2D eigenvalue weighted by Crippen LogP contribution is -2.00. The summed E-state index contributed by atoms with van der Waals surface area (Å²) in [5.41, 5.74) is 10.6. The van der Waals surface area contributed by atoms with Crippen LogP contribution in [-0.4, -0.2) is 24.9 Å². The summed E-state index contributed by atoms with van der Waals surface area (Å²) in [6.45, 7) is 0. The van der Waals surface area contributed by atoms with Crippen molar-refractivity contribution < 1.29 is 0 Å². The van der Waals surface area contributed by atoms with E-state index in [1.807, 2.05) is 109 Å². The number of nitriles is 1. The minimum absolute atomic E-state index is 0.605. The Kier molecular flexibility index (Phi) is 7.46. The van der Waals surface area contributed by atoms with Gasteiger partial charge >= 0.3 is 0 Å². The van der Waals surface area contributed by atoms with Crippen LogP contribution in [0.1, 0.15) is 5.56 Å². The molecular weight excluding hydrogens is 589 g/mol. The molecule has 6 nitrogen and oxygen atoms in total. The summed E-state index contributed by atoms with van der Waals surface area (Å²) < 4.78 is 0. The predicted octanol–water partition coefficient (Wildman–Crippen LogP) is 9.69. The molecule has 0 atom stereocenters. The fraction of sp³-hybridized carbons (Fsp3) is 0. The lowest BCUT2D eigenvalue weighted by molar-refractivity contribution is 1.07. The molecule has 2 heterocycles. The number of fused-ring (bicyclic) bond motifs is 1. The molecule has 0 N–H and O–H groups in total. The van der Waals surface area contributed by atoms with Crippen molar-refractivity contribution in [3.63, 3.8) is 0 Å². The van der Waals surface area contributed by atoms with Crippen molar-refractivity contribution in [2.45, 2.75) is 0 Å². The van der Waals surface area contributed by atoms with Gasteiger partial charge in [-0.05, 0) is 35.4 Å². The molecule has 0 radical (unpaired) electrons. The Balaban J connectivity index is 1.13. The first-order chi connectivity index (χ1) is 23.7. The fourth-order valence-corrected chi connectivity index (χ4v) is 5.68. The van der Waals surface area contributed by atoms with E-state index < -0.39 is 0 Å². The van der Waals surface area contributed by atoms with E-state index >= 15 is 0 Å². The highest BCUT2D eigenvalue weighted by atomic mass is 15.0. The molecule has 0 aliphatic rings. The minimum atomic E-state index is 0.605. The third-order valence-corrected chi connectivity index (χ3v) is 8.19. The topological polar surface area (TPSA) is 88.2 Å². The zero-order chi connectivity index (χ0) is 32.3. The molecule has 224 valence electrons. The quantitative estimate of drug-likeness (QED) is 0.185. The number of hydrogen-bond acceptors (Lipinski definition) is 6. The number of benzene rings is 6. The Hall–Kier alpha value is -6.84. The molecule has 0 amide bonds. The Labute approximate surface area is 277 Å². The maximum absolute atomic E-state index is 9.29. The van der Waals surface area contributed by atoms with Crippen LogP contribution in [0.2, 0.25) is 0 Å². The Morgan fingerprint density at radius 2 is 0.646 bits per heavy atom. The van der Waals surface area contributed by atoms with Crippen molar-refractivity contribution in [3.05, 3.63) is 163 Å². The maximum Gasteiger partial charge on any atom is 0.164 e. The van der Waals surface area contributed by atoms with Gasteiger partial charge in [-0.1, -0.05) is 133 Å². The zero-order valence-electron chi connectivity index (χ0n) is 25.7. The monoisotopic (exact) mass is 614 g/mol. The molecule has 48 heavy (non-hydrogen) atoms. The zero-order valence-corrected chi connectivity index (χ0v) is 25.7. The summed E-state index contributed by atoms with van der Waals surface area (Å²) in [5.74, 6) is 1.89. The molecule has 0 saturated heterocycles. The summed E-state index contributed by atoms with van der Waals surface area (Å²) in [6.07, 6.45) is 0. The molecule has 8 aromatic rings. The average Bonchev–Trinajstić information content (AvgIpc) is 3.18. The van der Waals surface area contributed by atoms with Crippen LogP contribution in [0.25, 0.3) is 78.8 Å². The van der Waals surface area contributed by atoms with E-state index in [2.05, 4.69) is 54.6 Å². The molecule has 0 aliphatic heterocycles. The summed E-state index contributed by atoms with van der Waals surface area (Å²) in [6, 6.07) is 54.2. The smallest absolute Gasteiger partial charge is 0.164 e. The van der Waals surface area contributed by atoms with Gasteiger partial charge in [0.2, 0.25) is 0 Å². The first-order valence-electron chi connectivity index (χ1n) is 15.6. The van der Waals surface area contributed by atoms with Gasteiger partial charge in [0, 0.05) is 27.8 Å². The highest BCUT2D eigenvalue weighted by Gasteiger charge is 2.15. The van der Waals surface area contributed by atoms with Crippen LogP contribution in [0.3, 0.4) is 0 Å². The summed E-state index contributed by atoms with van der Waals surface area (Å²) in [5, 5.41) is 9.29. The van der Waals surface area contributed by atoms with Crippen molar-refractivity contribution in [1.29, 1.82) is 5.26 Å². The van der Waals surface area contributed by atoms with Gasteiger partial charge in [0.05, 0.1) is 34.1 Å². The number of nitrogens with zero attached hydrogens (tertiary/aromatic N) is 6. The molecule has 0 bridgehead atoms. The second kappa shape index (κ2) is 12.5. The van der Waals surface area contributed by atoms with Crippen LogP contribution >= 0.6 is 0 Å². The normalized spacial score (nSPS) is 10.9. The van der Waals surface area contributed by atoms with Crippen LogP contribution in [0, 0.1) is 11.3 Å². The van der Waals surface area contributed by atoms with E-state index in [1.165, 1.54) is 0 Å². The highest BCUT2D eigenvalue weighted by Crippen LogP contribution is 2.33. The summed E-state index contributed by atoms with van der Waals surface area (Å²) in [4.78, 5) is 24.5. The molecule has 0 saturated carbocycles. The molecular formula is C42H26N6. The number of aromatic nitrogens is 5. The van der Waals surface area contributed by atoms with E-state index in [9.17, 15) is 5.26 Å². The number of rotatable bonds is 6. The van der Waals surface area contributed by atoms with Crippen molar-refractivity contribution in [3.8, 4) is 73.9 Å². The lowest BCUT2D eigenvalue weighted by Gasteiger charge is -2.12. The third-order valence-electron chi connectivity index (χ3n) is 8.19. The number of para-hydroxylation sites is 2. The molecule has 0 aliphatic carbocycles. The largest absolute Gasteiger partial charge is 0.244 e. The van der Waals surface area contributed by atoms with E-state index in [-0.39, 0.29) is 0 Å². The highest BCUT2D eigenvalue weighted by molar-refractivity contribution is 5.87. The molecule has 6 heteroatoms. The van der Waals surface area contributed by atoms with Gasteiger partial charge in [-0.2, -0.15) is 5.26 Å². The van der Waals surface area contributed by atoms with Crippen molar-refractivity contribution >= 4 is 11.0 Å². The van der Waals surface area contributed by atoms with E-state index in [0.29, 0.717) is 23.0 Å². The van der Waals surface area contributed by atoms with Crippen LogP contribution in [0.4, 0.5) is 0 Å². The minimum Gasteiger partial charge on any atom is -0.244 e. The van der Waals surface area contributed by atoms with Gasteiger partial charge in [-0.3, -0.25) is 0 Å². The first-order valence-corrected chi connectivity index (χ1v) is 15.6. The van der Waals surface area contributed by atoms with Crippen LogP contribution in [0.5, 0.6) is 0 Å². The Bertz CT molecular complexity index is 2360.